The molecule has 0 aliphatic rings. The van der Waals surface area contributed by atoms with E-state index in [-0.39, 0.29) is 46.8 Å². The molecule has 2 rings (SSSR count). The SMILES string of the molecule is CC(C)(C)c1cc(C(C)(C)C)c(P=[As][P-]c2c(C(C)(C)C)cc(C(C)(C)C)cc2C(C)(C)C)c(C(C)(C)C)c1. The van der Waals surface area contributed by atoms with E-state index >= 15 is 0 Å². The van der Waals surface area contributed by atoms with Crippen LogP contribution in [0.15, 0.2) is 24.3 Å². The van der Waals surface area contributed by atoms with E-state index in [1.165, 1.54) is 25.0 Å². The normalized spacial score (nSPS) is 14.7. The van der Waals surface area contributed by atoms with Crippen molar-refractivity contribution < 1.29 is 0 Å². The predicted molar refractivity (Wildman–Crippen MR) is 184 cm³/mol. The Labute approximate surface area is 252 Å². The summed E-state index contributed by atoms with van der Waals surface area (Å²) in [4.78, 5) is 0. The molecule has 3 heteroatoms. The first-order valence-corrected chi connectivity index (χ1v) is 21.4. The molecular weight excluding hydrogens is 569 g/mol. The Kier molecular flexibility index (Phi) is 10.2. The average Bonchev–Trinajstić information content (AvgIpc) is 2.68. The van der Waals surface area contributed by atoms with Gasteiger partial charge in [0.1, 0.15) is 0 Å². The van der Waals surface area contributed by atoms with Crippen LogP contribution in [0.2, 0.25) is 0 Å². The summed E-state index contributed by atoms with van der Waals surface area (Å²) in [6.45, 7) is 44.4. The summed E-state index contributed by atoms with van der Waals surface area (Å²) in [6.07, 6.45) is 0. The molecule has 0 atom stereocenters. The molecule has 2 aromatic rings. The van der Waals surface area contributed by atoms with Crippen LogP contribution in [0.3, 0.4) is 0 Å². The van der Waals surface area contributed by atoms with Crippen molar-refractivity contribution >= 4 is 38.8 Å². The number of hydrogen-bond donors (Lipinski definition) is 0. The molecule has 2 aromatic carbocycles. The molecule has 0 heterocycles. The molecule has 0 saturated carbocycles. The molecule has 0 aromatic heterocycles. The van der Waals surface area contributed by atoms with E-state index in [0.29, 0.717) is 0 Å². The fourth-order valence-electron chi connectivity index (χ4n) is 4.75. The van der Waals surface area contributed by atoms with Crippen molar-refractivity contribution in [3.63, 3.8) is 0 Å². The number of benzene rings is 2. The van der Waals surface area contributed by atoms with Crippen LogP contribution in [0.25, 0.3) is 0 Å². The molecule has 0 fully saturated rings. The van der Waals surface area contributed by atoms with Gasteiger partial charge in [0.15, 0.2) is 0 Å². The van der Waals surface area contributed by atoms with E-state index in [1.807, 2.05) is 0 Å². The Morgan fingerprint density at radius 3 is 0.974 bits per heavy atom. The van der Waals surface area contributed by atoms with Gasteiger partial charge in [-0.15, -0.1) is 0 Å². The zero-order chi connectivity index (χ0) is 30.6. The van der Waals surface area contributed by atoms with Crippen molar-refractivity contribution in [3.05, 3.63) is 57.6 Å². The van der Waals surface area contributed by atoms with Gasteiger partial charge >= 0.3 is 254 Å². The van der Waals surface area contributed by atoms with Gasteiger partial charge < -0.3 is 0 Å². The molecule has 218 valence electrons. The molecular formula is C36H58AsP2-. The average molecular weight is 628 g/mol. The molecule has 0 bridgehead atoms. The van der Waals surface area contributed by atoms with E-state index in [4.69, 9.17) is 0 Å². The summed E-state index contributed by atoms with van der Waals surface area (Å²) in [6, 6.07) is 10.1. The van der Waals surface area contributed by atoms with E-state index < -0.39 is 0 Å². The third-order valence-corrected chi connectivity index (χ3v) is 15.4. The summed E-state index contributed by atoms with van der Waals surface area (Å²) in [5, 5.41) is 3.19. The second kappa shape index (κ2) is 11.4. The molecule has 0 N–H and O–H groups in total. The maximum absolute atomic E-state index is 2.54. The number of rotatable bonds is 3. The third kappa shape index (κ3) is 8.86. The first kappa shape index (κ1) is 34.9. The van der Waals surface area contributed by atoms with Crippen molar-refractivity contribution in [2.45, 2.75) is 157 Å². The third-order valence-electron chi connectivity index (χ3n) is 7.47. The maximum atomic E-state index is 2.54. The topological polar surface area (TPSA) is 0 Å². The molecule has 0 aliphatic carbocycles. The number of hydrogen-bond acceptors (Lipinski definition) is 0. The minimum atomic E-state index is 0.0573. The summed E-state index contributed by atoms with van der Waals surface area (Å²) in [7, 11) is 1.53. The van der Waals surface area contributed by atoms with Gasteiger partial charge in [-0.1, -0.05) is 0 Å². The molecule has 0 radical (unpaired) electrons. The van der Waals surface area contributed by atoms with Crippen LogP contribution in [0.4, 0.5) is 0 Å². The van der Waals surface area contributed by atoms with Crippen molar-refractivity contribution in [1.29, 1.82) is 0 Å². The van der Waals surface area contributed by atoms with E-state index in [0.717, 1.165) is 0 Å². The molecule has 0 spiro atoms. The van der Waals surface area contributed by atoms with Gasteiger partial charge in [0.25, 0.3) is 0 Å². The monoisotopic (exact) mass is 627 g/mol. The van der Waals surface area contributed by atoms with E-state index in [1.54, 1.807) is 32.9 Å². The fourth-order valence-corrected chi connectivity index (χ4v) is 14.6. The van der Waals surface area contributed by atoms with Crippen molar-refractivity contribution in [3.8, 4) is 0 Å². The van der Waals surface area contributed by atoms with Crippen LogP contribution in [-0.4, -0.2) is 14.4 Å². The Balaban J connectivity index is 2.86. The molecule has 0 nitrogen and oxygen atoms in total. The van der Waals surface area contributed by atoms with Gasteiger partial charge in [0.2, 0.25) is 0 Å². The summed E-state index contributed by atoms with van der Waals surface area (Å²) < 4.78 is 0. The molecule has 39 heavy (non-hydrogen) atoms. The van der Waals surface area contributed by atoms with Crippen LogP contribution in [0, 0.1) is 0 Å². The van der Waals surface area contributed by atoms with Gasteiger partial charge in [0, 0.05) is 0 Å². The van der Waals surface area contributed by atoms with Crippen LogP contribution in [0.5, 0.6) is 0 Å². The van der Waals surface area contributed by atoms with Gasteiger partial charge in [-0.3, -0.25) is 0 Å². The first-order chi connectivity index (χ1) is 17.1. The van der Waals surface area contributed by atoms with Crippen molar-refractivity contribution in [2.24, 2.45) is 0 Å². The second-order valence-electron chi connectivity index (χ2n) is 17.6. The Morgan fingerprint density at radius 2 is 0.718 bits per heavy atom. The Hall–Kier alpha value is -0.272. The molecule has 0 saturated heterocycles. The van der Waals surface area contributed by atoms with Gasteiger partial charge in [0.05, 0.1) is 0 Å². The van der Waals surface area contributed by atoms with Crippen LogP contribution in [-0.2, 0) is 32.5 Å². The molecule has 0 amide bonds. The van der Waals surface area contributed by atoms with E-state index in [9.17, 15) is 0 Å². The van der Waals surface area contributed by atoms with Crippen molar-refractivity contribution in [1.82, 2.24) is 0 Å². The first-order valence-electron chi connectivity index (χ1n) is 14.7. The predicted octanol–water partition coefficient (Wildman–Crippen LogP) is 10.8. The van der Waals surface area contributed by atoms with Gasteiger partial charge in [-0.2, -0.15) is 0 Å². The molecule has 0 aliphatic heterocycles. The standard InChI is InChI=1S/C36H58AsP2/c1-31(2,3)23-19-25(33(7,8)9)29(26(20-23)34(10,11)12)38-37-39-30-27(35(13,14)15)21-24(32(4,5)6)22-28(30)36(16,17)18/h19-22H,1-18H3/q-1. The van der Waals surface area contributed by atoms with Gasteiger partial charge in [-0.05, 0) is 0 Å². The Bertz CT molecular complexity index is 1140. The fraction of sp³-hybridized carbons (Fsp3) is 0.667. The summed E-state index contributed by atoms with van der Waals surface area (Å²) in [5.41, 5.74) is 9.84. The zero-order valence-electron chi connectivity index (χ0n) is 28.7. The van der Waals surface area contributed by atoms with E-state index in [2.05, 4.69) is 149 Å². The second-order valence-corrected chi connectivity index (χ2v) is 25.5. The quantitative estimate of drug-likeness (QED) is 0.235. The van der Waals surface area contributed by atoms with Crippen molar-refractivity contribution in [2.75, 3.05) is 0 Å². The van der Waals surface area contributed by atoms with Crippen LogP contribution >= 0.6 is 13.8 Å². The Morgan fingerprint density at radius 1 is 0.436 bits per heavy atom. The zero-order valence-corrected chi connectivity index (χ0v) is 32.3. The van der Waals surface area contributed by atoms with Crippen LogP contribution < -0.4 is 10.6 Å². The van der Waals surface area contributed by atoms with Crippen LogP contribution in [0.1, 0.15) is 158 Å². The summed E-state index contributed by atoms with van der Waals surface area (Å²) in [5.74, 6) is 0. The minimum absolute atomic E-state index is 0.0573. The van der Waals surface area contributed by atoms with Gasteiger partial charge in [-0.25, -0.2) is 0 Å². The molecule has 0 unspecified atom stereocenters. The summed E-state index contributed by atoms with van der Waals surface area (Å²) >= 11 is 0.0573.